The third-order valence-electron chi connectivity index (χ3n) is 2.63. The maximum Gasteiger partial charge on any atom is 0.0431 e. The van der Waals surface area contributed by atoms with Gasteiger partial charge in [-0.2, -0.15) is 0 Å². The Bertz CT molecular complexity index is 286. The van der Waals surface area contributed by atoms with E-state index in [1.54, 1.807) is 0 Å². The highest BCUT2D eigenvalue weighted by Gasteiger charge is 2.01. The molecule has 0 fully saturated rings. The van der Waals surface area contributed by atoms with Gasteiger partial charge in [0.05, 0.1) is 0 Å². The zero-order valence-corrected chi connectivity index (χ0v) is 10.9. The van der Waals surface area contributed by atoms with E-state index in [0.717, 1.165) is 18.6 Å². The Hall–Kier alpha value is -0.510. The van der Waals surface area contributed by atoms with Gasteiger partial charge in [-0.25, -0.2) is 0 Å². The van der Waals surface area contributed by atoms with Crippen molar-refractivity contribution in [3.63, 3.8) is 0 Å². The molecule has 2 nitrogen and oxygen atoms in total. The summed E-state index contributed by atoms with van der Waals surface area (Å²) in [5.41, 5.74) is 1.32. The lowest BCUT2D eigenvalue weighted by molar-refractivity contribution is 0.287. The second-order valence-electron chi connectivity index (χ2n) is 3.86. The minimum atomic E-state index is 0.305. The van der Waals surface area contributed by atoms with Crippen molar-refractivity contribution in [3.05, 3.63) is 29.8 Å². The Morgan fingerprint density at radius 3 is 2.50 bits per heavy atom. The molecule has 0 aliphatic rings. The molecule has 0 aromatic heterocycles. The van der Waals surface area contributed by atoms with Gasteiger partial charge in [0.15, 0.2) is 0 Å². The van der Waals surface area contributed by atoms with Gasteiger partial charge in [-0.15, -0.1) is 11.8 Å². The molecule has 2 N–H and O–H groups in total. The lowest BCUT2D eigenvalue weighted by atomic mass is 10.1. The second kappa shape index (κ2) is 7.71. The van der Waals surface area contributed by atoms with Gasteiger partial charge in [0, 0.05) is 17.5 Å². The van der Waals surface area contributed by atoms with Crippen molar-refractivity contribution in [2.75, 3.05) is 19.4 Å². The van der Waals surface area contributed by atoms with Crippen molar-refractivity contribution >= 4 is 11.8 Å². The number of aliphatic hydroxyl groups is 1. The minimum Gasteiger partial charge on any atom is -0.396 e. The molecule has 0 amide bonds. The van der Waals surface area contributed by atoms with Gasteiger partial charge in [-0.1, -0.05) is 12.1 Å². The molecule has 0 spiro atoms. The molecule has 0 saturated heterocycles. The number of unbranched alkanes of at least 4 members (excludes halogenated alkanes) is 1. The standard InChI is InChI=1S/C13H21NOS/c1-11(14-2)12-5-7-13(8-6-12)16-10-4-3-9-15/h5-8,11,14-15H,3-4,9-10H2,1-2H3. The van der Waals surface area contributed by atoms with E-state index < -0.39 is 0 Å². The van der Waals surface area contributed by atoms with Gasteiger partial charge in [-0.05, 0) is 50.3 Å². The van der Waals surface area contributed by atoms with Crippen LogP contribution in [0.15, 0.2) is 29.2 Å². The minimum absolute atomic E-state index is 0.305. The van der Waals surface area contributed by atoms with E-state index in [2.05, 4.69) is 36.5 Å². The summed E-state index contributed by atoms with van der Waals surface area (Å²) in [7, 11) is 1.97. The van der Waals surface area contributed by atoms with Crippen molar-refractivity contribution in [1.82, 2.24) is 5.32 Å². The normalized spacial score (nSPS) is 12.7. The number of benzene rings is 1. The summed E-state index contributed by atoms with van der Waals surface area (Å²) in [5.74, 6) is 1.08. The summed E-state index contributed by atoms with van der Waals surface area (Å²) in [6, 6.07) is 9.11. The fourth-order valence-electron chi connectivity index (χ4n) is 1.42. The number of hydrogen-bond donors (Lipinski definition) is 2. The van der Waals surface area contributed by atoms with Crippen LogP contribution in [0.1, 0.15) is 31.4 Å². The monoisotopic (exact) mass is 239 g/mol. The summed E-state index contributed by atoms with van der Waals surface area (Å²) in [5, 5.41) is 11.9. The summed E-state index contributed by atoms with van der Waals surface area (Å²) in [6.07, 6.45) is 1.98. The highest BCUT2D eigenvalue weighted by molar-refractivity contribution is 7.99. The molecule has 0 saturated carbocycles. The Morgan fingerprint density at radius 2 is 1.94 bits per heavy atom. The smallest absolute Gasteiger partial charge is 0.0431 e. The van der Waals surface area contributed by atoms with E-state index in [1.807, 2.05) is 18.8 Å². The van der Waals surface area contributed by atoms with Crippen molar-refractivity contribution in [2.24, 2.45) is 0 Å². The van der Waals surface area contributed by atoms with Gasteiger partial charge in [0.2, 0.25) is 0 Å². The molecule has 1 aromatic carbocycles. The van der Waals surface area contributed by atoms with Crippen LogP contribution in [-0.4, -0.2) is 24.5 Å². The number of rotatable bonds is 7. The lowest BCUT2D eigenvalue weighted by Crippen LogP contribution is -2.11. The topological polar surface area (TPSA) is 32.3 Å². The Morgan fingerprint density at radius 1 is 1.25 bits per heavy atom. The van der Waals surface area contributed by atoms with Crippen molar-refractivity contribution < 1.29 is 5.11 Å². The first kappa shape index (κ1) is 13.6. The van der Waals surface area contributed by atoms with Gasteiger partial charge >= 0.3 is 0 Å². The van der Waals surface area contributed by atoms with Gasteiger partial charge < -0.3 is 10.4 Å². The first-order valence-corrected chi connectivity index (χ1v) is 6.77. The molecule has 1 unspecified atom stereocenters. The molecule has 1 atom stereocenters. The third kappa shape index (κ3) is 4.56. The van der Waals surface area contributed by atoms with Crippen LogP contribution in [0.4, 0.5) is 0 Å². The molecule has 0 heterocycles. The van der Waals surface area contributed by atoms with Gasteiger partial charge in [0.1, 0.15) is 0 Å². The van der Waals surface area contributed by atoms with Crippen LogP contribution in [0.2, 0.25) is 0 Å². The fraction of sp³-hybridized carbons (Fsp3) is 0.538. The van der Waals surface area contributed by atoms with Crippen LogP contribution in [-0.2, 0) is 0 Å². The largest absolute Gasteiger partial charge is 0.396 e. The van der Waals surface area contributed by atoms with Crippen LogP contribution >= 0.6 is 11.8 Å². The summed E-state index contributed by atoms with van der Waals surface area (Å²) < 4.78 is 0. The van der Waals surface area contributed by atoms with Crippen molar-refractivity contribution in [1.29, 1.82) is 0 Å². The van der Waals surface area contributed by atoms with Crippen LogP contribution in [0, 0.1) is 0 Å². The highest BCUT2D eigenvalue weighted by Crippen LogP contribution is 2.21. The molecule has 90 valence electrons. The zero-order valence-electron chi connectivity index (χ0n) is 10.1. The summed E-state index contributed by atoms with van der Waals surface area (Å²) in [6.45, 7) is 2.46. The first-order chi connectivity index (χ1) is 7.77. The predicted octanol–water partition coefficient (Wildman–Crippen LogP) is 2.83. The number of aliphatic hydroxyl groups excluding tert-OH is 1. The quantitative estimate of drug-likeness (QED) is 0.567. The van der Waals surface area contributed by atoms with Crippen LogP contribution in [0.25, 0.3) is 0 Å². The average molecular weight is 239 g/mol. The van der Waals surface area contributed by atoms with Crippen LogP contribution in [0.3, 0.4) is 0 Å². The van der Waals surface area contributed by atoms with Crippen molar-refractivity contribution in [3.8, 4) is 0 Å². The lowest BCUT2D eigenvalue weighted by Gasteiger charge is -2.10. The zero-order chi connectivity index (χ0) is 11.8. The van der Waals surface area contributed by atoms with Crippen LogP contribution in [0.5, 0.6) is 0 Å². The molecule has 0 bridgehead atoms. The molecular formula is C13H21NOS. The molecule has 1 aromatic rings. The maximum absolute atomic E-state index is 8.67. The SMILES string of the molecule is CNC(C)c1ccc(SCCCCO)cc1. The van der Waals surface area contributed by atoms with Crippen molar-refractivity contribution in [2.45, 2.75) is 30.7 Å². The Labute approximate surface area is 102 Å². The first-order valence-electron chi connectivity index (χ1n) is 5.79. The number of thioether (sulfide) groups is 1. The maximum atomic E-state index is 8.67. The predicted molar refractivity (Wildman–Crippen MR) is 71.0 cm³/mol. The molecule has 1 rings (SSSR count). The van der Waals surface area contributed by atoms with E-state index >= 15 is 0 Å². The number of nitrogens with one attached hydrogen (secondary N) is 1. The van der Waals surface area contributed by atoms with Gasteiger partial charge in [0.25, 0.3) is 0 Å². The fourth-order valence-corrected chi connectivity index (χ4v) is 2.34. The molecule has 0 aliphatic carbocycles. The summed E-state index contributed by atoms with van der Waals surface area (Å²) in [4.78, 5) is 1.31. The third-order valence-corrected chi connectivity index (χ3v) is 3.73. The second-order valence-corrected chi connectivity index (χ2v) is 5.03. The van der Waals surface area contributed by atoms with E-state index in [9.17, 15) is 0 Å². The molecule has 0 radical (unpaired) electrons. The Balaban J connectivity index is 2.39. The molecular weight excluding hydrogens is 218 g/mol. The number of hydrogen-bond acceptors (Lipinski definition) is 3. The summed E-state index contributed by atoms with van der Waals surface area (Å²) >= 11 is 1.86. The van der Waals surface area contributed by atoms with E-state index in [-0.39, 0.29) is 0 Å². The molecule has 16 heavy (non-hydrogen) atoms. The highest BCUT2D eigenvalue weighted by atomic mass is 32.2. The molecule has 0 aliphatic heterocycles. The average Bonchev–Trinajstić information content (AvgIpc) is 2.34. The van der Waals surface area contributed by atoms with Gasteiger partial charge in [-0.3, -0.25) is 0 Å². The van der Waals surface area contributed by atoms with Crippen LogP contribution < -0.4 is 5.32 Å². The van der Waals surface area contributed by atoms with E-state index in [4.69, 9.17) is 5.11 Å². The van der Waals surface area contributed by atoms with E-state index in [0.29, 0.717) is 12.6 Å². The van der Waals surface area contributed by atoms with E-state index in [1.165, 1.54) is 10.5 Å². The Kier molecular flexibility index (Phi) is 6.53. The molecule has 3 heteroatoms.